The first-order valence-corrected chi connectivity index (χ1v) is 9.92. The molecule has 3 aromatic rings. The molecule has 0 amide bonds. The minimum Gasteiger partial charge on any atom is -0.360 e. The number of quaternary nitrogens is 1. The van der Waals surface area contributed by atoms with Crippen molar-refractivity contribution in [2.75, 3.05) is 37.6 Å². The van der Waals surface area contributed by atoms with Gasteiger partial charge in [-0.15, -0.1) is 0 Å². The molecule has 1 aliphatic heterocycles. The number of para-hydroxylation sites is 1. The third-order valence-electron chi connectivity index (χ3n) is 5.32. The number of carbonyl (C=O) groups is 1. The maximum atomic E-state index is 13.0. The van der Waals surface area contributed by atoms with Crippen LogP contribution < -0.4 is 9.80 Å². The average molecular weight is 403 g/mol. The zero-order chi connectivity index (χ0) is 19.0. The second-order valence-corrected chi connectivity index (χ2v) is 7.92. The number of anilines is 1. The summed E-state index contributed by atoms with van der Waals surface area (Å²) in [6, 6.07) is 13.7. The maximum Gasteiger partial charge on any atom is 0.219 e. The van der Waals surface area contributed by atoms with E-state index in [-0.39, 0.29) is 5.78 Å². The van der Waals surface area contributed by atoms with Gasteiger partial charge in [-0.2, -0.15) is 0 Å². The lowest BCUT2D eigenvalue weighted by molar-refractivity contribution is -0.892. The van der Waals surface area contributed by atoms with Crippen LogP contribution in [0.15, 0.2) is 42.5 Å². The number of benzene rings is 2. The Balaban J connectivity index is 1.42. The SMILES string of the molecule is Cc1[nH]c2ccccc2c1C(=O)C[NH+]1CCN(c2ccc(Cl)c(Cl)c2)CC1. The minimum atomic E-state index is 0.211. The van der Waals surface area contributed by atoms with Crippen molar-refractivity contribution in [1.29, 1.82) is 0 Å². The number of piperazine rings is 1. The molecule has 2 N–H and O–H groups in total. The number of hydrogen-bond donors (Lipinski definition) is 2. The summed E-state index contributed by atoms with van der Waals surface area (Å²) in [6.45, 7) is 6.14. The van der Waals surface area contributed by atoms with Crippen molar-refractivity contribution < 1.29 is 9.69 Å². The summed E-state index contributed by atoms with van der Waals surface area (Å²) in [6.07, 6.45) is 0. The lowest BCUT2D eigenvalue weighted by Crippen LogP contribution is -3.15. The van der Waals surface area contributed by atoms with Gasteiger partial charge in [-0.3, -0.25) is 4.79 Å². The van der Waals surface area contributed by atoms with Crippen molar-refractivity contribution in [3.05, 3.63) is 63.8 Å². The summed E-state index contributed by atoms with van der Waals surface area (Å²) in [5.41, 5.74) is 3.90. The van der Waals surface area contributed by atoms with E-state index >= 15 is 0 Å². The van der Waals surface area contributed by atoms with E-state index in [4.69, 9.17) is 23.2 Å². The van der Waals surface area contributed by atoms with E-state index in [9.17, 15) is 4.79 Å². The fourth-order valence-electron chi connectivity index (χ4n) is 3.89. The number of nitrogens with zero attached hydrogens (tertiary/aromatic N) is 1. The molecule has 0 unspecified atom stereocenters. The van der Waals surface area contributed by atoms with Gasteiger partial charge in [-0.25, -0.2) is 0 Å². The number of aromatic amines is 1. The van der Waals surface area contributed by atoms with Gasteiger partial charge in [0.05, 0.1) is 41.8 Å². The summed E-state index contributed by atoms with van der Waals surface area (Å²) < 4.78 is 0. The molecule has 0 atom stereocenters. The fourth-order valence-corrected chi connectivity index (χ4v) is 4.18. The standard InChI is InChI=1S/C21H21Cl2N3O/c1-14-21(16-4-2-3-5-19(16)24-14)20(27)13-25-8-10-26(11-9-25)15-6-7-17(22)18(23)12-15/h2-7,12,24H,8-11,13H2,1H3/p+1. The van der Waals surface area contributed by atoms with Crippen LogP contribution in [0.5, 0.6) is 0 Å². The Hall–Kier alpha value is -2.01. The van der Waals surface area contributed by atoms with Crippen LogP contribution in [0.4, 0.5) is 5.69 Å². The Morgan fingerprint density at radius 1 is 1.11 bits per heavy atom. The van der Waals surface area contributed by atoms with Gasteiger partial charge in [0.1, 0.15) is 6.54 Å². The largest absolute Gasteiger partial charge is 0.360 e. The number of carbonyl (C=O) groups excluding carboxylic acids is 1. The first-order chi connectivity index (χ1) is 13.0. The van der Waals surface area contributed by atoms with Gasteiger partial charge in [0.15, 0.2) is 0 Å². The number of aromatic nitrogens is 1. The van der Waals surface area contributed by atoms with E-state index in [0.29, 0.717) is 16.6 Å². The van der Waals surface area contributed by atoms with E-state index in [1.54, 1.807) is 0 Å². The number of H-pyrrole nitrogens is 1. The Morgan fingerprint density at radius 2 is 1.85 bits per heavy atom. The molecule has 0 spiro atoms. The quantitative estimate of drug-likeness (QED) is 0.656. The highest BCUT2D eigenvalue weighted by Gasteiger charge is 2.25. The van der Waals surface area contributed by atoms with Gasteiger partial charge in [0, 0.05) is 22.3 Å². The molecular weight excluding hydrogens is 381 g/mol. The molecule has 1 aromatic heterocycles. The van der Waals surface area contributed by atoms with Crippen LogP contribution in [-0.4, -0.2) is 43.5 Å². The highest BCUT2D eigenvalue weighted by Crippen LogP contribution is 2.27. The number of ketones is 1. The molecule has 4 nitrogen and oxygen atoms in total. The van der Waals surface area contributed by atoms with Gasteiger partial charge in [-0.1, -0.05) is 41.4 Å². The van der Waals surface area contributed by atoms with Crippen LogP contribution in [0.25, 0.3) is 10.9 Å². The van der Waals surface area contributed by atoms with Gasteiger partial charge in [0.25, 0.3) is 0 Å². The summed E-state index contributed by atoms with van der Waals surface area (Å²) in [7, 11) is 0. The van der Waals surface area contributed by atoms with E-state index in [2.05, 4.69) is 9.88 Å². The second-order valence-electron chi connectivity index (χ2n) is 7.11. The molecule has 0 aliphatic carbocycles. The van der Waals surface area contributed by atoms with Crippen LogP contribution in [0.2, 0.25) is 10.0 Å². The molecule has 1 aliphatic rings. The van der Waals surface area contributed by atoms with Crippen LogP contribution in [-0.2, 0) is 0 Å². The molecule has 27 heavy (non-hydrogen) atoms. The number of rotatable bonds is 4. The summed E-state index contributed by atoms with van der Waals surface area (Å²) in [4.78, 5) is 19.9. The van der Waals surface area contributed by atoms with Gasteiger partial charge >= 0.3 is 0 Å². The molecule has 1 saturated heterocycles. The smallest absolute Gasteiger partial charge is 0.219 e. The molecule has 4 rings (SSSR count). The highest BCUT2D eigenvalue weighted by molar-refractivity contribution is 6.42. The maximum absolute atomic E-state index is 13.0. The van der Waals surface area contributed by atoms with Crippen molar-refractivity contribution >= 4 is 45.6 Å². The summed E-state index contributed by atoms with van der Waals surface area (Å²) >= 11 is 12.1. The summed E-state index contributed by atoms with van der Waals surface area (Å²) in [5, 5.41) is 2.17. The van der Waals surface area contributed by atoms with Crippen molar-refractivity contribution in [2.24, 2.45) is 0 Å². The molecule has 6 heteroatoms. The predicted octanol–water partition coefficient (Wildman–Crippen LogP) is 3.37. The zero-order valence-electron chi connectivity index (χ0n) is 15.2. The molecule has 0 bridgehead atoms. The second kappa shape index (κ2) is 7.55. The molecule has 0 saturated carbocycles. The Labute approximate surface area is 168 Å². The van der Waals surface area contributed by atoms with E-state index in [0.717, 1.165) is 54.0 Å². The van der Waals surface area contributed by atoms with Crippen molar-refractivity contribution in [3.8, 4) is 0 Å². The lowest BCUT2D eigenvalue weighted by Gasteiger charge is -2.33. The number of aryl methyl sites for hydroxylation is 1. The van der Waals surface area contributed by atoms with Crippen molar-refractivity contribution in [2.45, 2.75) is 6.92 Å². The van der Waals surface area contributed by atoms with E-state index in [1.165, 1.54) is 4.90 Å². The van der Waals surface area contributed by atoms with Crippen LogP contribution in [0.3, 0.4) is 0 Å². The first kappa shape index (κ1) is 18.4. The monoisotopic (exact) mass is 402 g/mol. The fraction of sp³-hybridized carbons (Fsp3) is 0.286. The van der Waals surface area contributed by atoms with Gasteiger partial charge in [-0.05, 0) is 31.2 Å². The van der Waals surface area contributed by atoms with E-state index < -0.39 is 0 Å². The topological polar surface area (TPSA) is 40.5 Å². The predicted molar refractivity (Wildman–Crippen MR) is 112 cm³/mol. The number of nitrogens with one attached hydrogen (secondary N) is 2. The number of fused-ring (bicyclic) bond motifs is 1. The molecule has 140 valence electrons. The number of hydrogen-bond acceptors (Lipinski definition) is 2. The lowest BCUT2D eigenvalue weighted by atomic mass is 10.1. The Morgan fingerprint density at radius 3 is 2.59 bits per heavy atom. The van der Waals surface area contributed by atoms with Gasteiger partial charge < -0.3 is 14.8 Å². The van der Waals surface area contributed by atoms with Crippen LogP contribution in [0, 0.1) is 6.92 Å². The molecule has 2 heterocycles. The highest BCUT2D eigenvalue weighted by atomic mass is 35.5. The van der Waals surface area contributed by atoms with E-state index in [1.807, 2.05) is 49.4 Å². The number of Topliss-reactive ketones (excluding diaryl/α,β-unsaturated/α-hetero) is 1. The molecule has 0 radical (unpaired) electrons. The van der Waals surface area contributed by atoms with Crippen molar-refractivity contribution in [3.63, 3.8) is 0 Å². The third kappa shape index (κ3) is 3.70. The number of halogens is 2. The summed E-state index contributed by atoms with van der Waals surface area (Å²) in [5.74, 6) is 0.211. The molecular formula is C21H22Cl2N3O+. The van der Waals surface area contributed by atoms with Gasteiger partial charge in [0.2, 0.25) is 5.78 Å². The molecule has 1 fully saturated rings. The molecule has 2 aromatic carbocycles. The zero-order valence-corrected chi connectivity index (χ0v) is 16.7. The Bertz CT molecular complexity index is 990. The van der Waals surface area contributed by atoms with Crippen LogP contribution >= 0.6 is 23.2 Å². The third-order valence-corrected chi connectivity index (χ3v) is 6.06. The first-order valence-electron chi connectivity index (χ1n) is 9.17. The van der Waals surface area contributed by atoms with Crippen molar-refractivity contribution in [1.82, 2.24) is 4.98 Å². The average Bonchev–Trinajstić information content (AvgIpc) is 3.00. The van der Waals surface area contributed by atoms with Crippen LogP contribution in [0.1, 0.15) is 16.1 Å². The normalized spacial score (nSPS) is 15.4. The minimum absolute atomic E-state index is 0.211. The Kier molecular flexibility index (Phi) is 5.13.